The Kier molecular flexibility index (Phi) is 5.58. The number of nitrogens with one attached hydrogen (secondary N) is 1. The molecule has 0 radical (unpaired) electrons. The van der Waals surface area contributed by atoms with E-state index >= 15 is 0 Å². The van der Waals surface area contributed by atoms with E-state index in [1.807, 2.05) is 42.8 Å². The Morgan fingerprint density at radius 3 is 2.30 bits per heavy atom. The number of aryl methyl sites for hydroxylation is 1. The average molecular weight is 379 g/mol. The number of amides is 1. The number of rotatable bonds is 5. The lowest BCUT2D eigenvalue weighted by Crippen LogP contribution is -2.12. The predicted molar refractivity (Wildman–Crippen MR) is 106 cm³/mol. The number of carbonyl (C=O) groups is 1. The summed E-state index contributed by atoms with van der Waals surface area (Å²) in [5.74, 6) is -0.177. The lowest BCUT2D eigenvalue weighted by atomic mass is 10.1. The van der Waals surface area contributed by atoms with Crippen molar-refractivity contribution in [2.45, 2.75) is 26.8 Å². The highest BCUT2D eigenvalue weighted by molar-refractivity contribution is 6.31. The molecule has 0 aliphatic heterocycles. The van der Waals surface area contributed by atoms with E-state index in [9.17, 15) is 4.79 Å². The number of hydrogen-bond donors (Lipinski definition) is 1. The molecule has 0 atom stereocenters. The van der Waals surface area contributed by atoms with Crippen LogP contribution in [-0.2, 0) is 13.0 Å². The minimum absolute atomic E-state index is 0.177. The van der Waals surface area contributed by atoms with Gasteiger partial charge >= 0.3 is 0 Å². The van der Waals surface area contributed by atoms with E-state index in [0.29, 0.717) is 29.2 Å². The normalized spacial score (nSPS) is 10.4. The van der Waals surface area contributed by atoms with Gasteiger partial charge in [0.25, 0.3) is 5.91 Å². The molecule has 0 aliphatic carbocycles. The first-order chi connectivity index (χ1) is 13.0. The second-order valence-electron chi connectivity index (χ2n) is 6.33. The van der Waals surface area contributed by atoms with Crippen molar-refractivity contribution in [1.29, 1.82) is 5.26 Å². The molecule has 3 aromatic rings. The Morgan fingerprint density at radius 2 is 1.74 bits per heavy atom. The fraction of sp³-hybridized carbons (Fsp3) is 0.190. The third-order valence-corrected chi connectivity index (χ3v) is 4.88. The van der Waals surface area contributed by atoms with Gasteiger partial charge in [0, 0.05) is 11.3 Å². The summed E-state index contributed by atoms with van der Waals surface area (Å²) >= 11 is 6.18. The van der Waals surface area contributed by atoms with Gasteiger partial charge in [-0.25, -0.2) is 0 Å². The van der Waals surface area contributed by atoms with Crippen molar-refractivity contribution >= 4 is 23.2 Å². The van der Waals surface area contributed by atoms with Gasteiger partial charge in [0.1, 0.15) is 0 Å². The van der Waals surface area contributed by atoms with Gasteiger partial charge in [-0.2, -0.15) is 10.4 Å². The van der Waals surface area contributed by atoms with E-state index in [-0.39, 0.29) is 5.91 Å². The third-order valence-electron chi connectivity index (χ3n) is 4.34. The summed E-state index contributed by atoms with van der Waals surface area (Å²) in [6, 6.07) is 16.8. The third kappa shape index (κ3) is 4.36. The zero-order chi connectivity index (χ0) is 19.4. The summed E-state index contributed by atoms with van der Waals surface area (Å²) in [7, 11) is 0. The topological polar surface area (TPSA) is 70.7 Å². The second kappa shape index (κ2) is 8.07. The van der Waals surface area contributed by atoms with Crippen LogP contribution in [0.1, 0.15) is 32.9 Å². The maximum atomic E-state index is 12.4. The SMILES string of the molecule is Cc1nn(Cc2ccc(C(=O)Nc3ccc(CC#N)cc3)cc2)c(C)c1Cl. The molecule has 1 N–H and O–H groups in total. The van der Waals surface area contributed by atoms with Crippen LogP contribution in [0.5, 0.6) is 0 Å². The van der Waals surface area contributed by atoms with Crippen LogP contribution in [0, 0.1) is 25.2 Å². The van der Waals surface area contributed by atoms with E-state index in [1.54, 1.807) is 24.3 Å². The highest BCUT2D eigenvalue weighted by Crippen LogP contribution is 2.20. The van der Waals surface area contributed by atoms with E-state index in [1.165, 1.54) is 0 Å². The summed E-state index contributed by atoms with van der Waals surface area (Å²) in [4.78, 5) is 12.4. The number of carbonyl (C=O) groups excluding carboxylic acids is 1. The van der Waals surface area contributed by atoms with Crippen molar-refractivity contribution < 1.29 is 4.79 Å². The molecule has 136 valence electrons. The molecular formula is C21H19ClN4O. The molecule has 0 saturated heterocycles. The van der Waals surface area contributed by atoms with E-state index in [2.05, 4.69) is 16.5 Å². The average Bonchev–Trinajstić information content (AvgIpc) is 2.91. The molecule has 0 aliphatic rings. The molecule has 3 rings (SSSR count). The maximum Gasteiger partial charge on any atom is 0.255 e. The van der Waals surface area contributed by atoms with Crippen LogP contribution in [0.3, 0.4) is 0 Å². The lowest BCUT2D eigenvalue weighted by molar-refractivity contribution is 0.102. The molecular weight excluding hydrogens is 360 g/mol. The minimum atomic E-state index is -0.177. The molecule has 1 heterocycles. The fourth-order valence-corrected chi connectivity index (χ4v) is 2.90. The summed E-state index contributed by atoms with van der Waals surface area (Å²) in [5, 5.41) is 16.7. The monoisotopic (exact) mass is 378 g/mol. The predicted octanol–water partition coefficient (Wildman–Crippen LogP) is 4.52. The first kappa shape index (κ1) is 18.7. The van der Waals surface area contributed by atoms with Crippen LogP contribution >= 0.6 is 11.6 Å². The van der Waals surface area contributed by atoms with Gasteiger partial charge in [0.05, 0.1) is 35.4 Å². The Labute approximate surface area is 163 Å². The standard InChI is InChI=1S/C21H19ClN4O/c1-14-20(22)15(2)26(25-14)13-17-3-7-18(8-4-17)21(27)24-19-9-5-16(6-10-19)11-12-23/h3-10H,11,13H2,1-2H3,(H,24,27). The maximum absolute atomic E-state index is 12.4. The Hall–Kier alpha value is -3.10. The van der Waals surface area contributed by atoms with E-state index < -0.39 is 0 Å². The van der Waals surface area contributed by atoms with Crippen LogP contribution in [0.2, 0.25) is 5.02 Å². The van der Waals surface area contributed by atoms with Crippen molar-refractivity contribution in [3.63, 3.8) is 0 Å². The number of nitriles is 1. The fourth-order valence-electron chi connectivity index (χ4n) is 2.76. The van der Waals surface area contributed by atoms with Gasteiger partial charge < -0.3 is 5.32 Å². The Morgan fingerprint density at radius 1 is 1.11 bits per heavy atom. The first-order valence-electron chi connectivity index (χ1n) is 8.53. The van der Waals surface area contributed by atoms with E-state index in [4.69, 9.17) is 16.9 Å². The van der Waals surface area contributed by atoms with Crippen LogP contribution in [0.25, 0.3) is 0 Å². The largest absolute Gasteiger partial charge is 0.322 e. The summed E-state index contributed by atoms with van der Waals surface area (Å²) in [6.45, 7) is 4.42. The molecule has 6 heteroatoms. The van der Waals surface area contributed by atoms with Crippen molar-refractivity contribution in [3.05, 3.63) is 81.6 Å². The van der Waals surface area contributed by atoms with E-state index in [0.717, 1.165) is 22.5 Å². The molecule has 0 unspecified atom stereocenters. The zero-order valence-electron chi connectivity index (χ0n) is 15.2. The number of halogens is 1. The lowest BCUT2D eigenvalue weighted by Gasteiger charge is -2.08. The quantitative estimate of drug-likeness (QED) is 0.709. The summed E-state index contributed by atoms with van der Waals surface area (Å²) < 4.78 is 1.86. The summed E-state index contributed by atoms with van der Waals surface area (Å²) in [6.07, 6.45) is 0.357. The van der Waals surface area contributed by atoms with Crippen molar-refractivity contribution in [2.24, 2.45) is 0 Å². The molecule has 2 aromatic carbocycles. The van der Waals surface area contributed by atoms with Crippen molar-refractivity contribution in [1.82, 2.24) is 9.78 Å². The molecule has 0 saturated carbocycles. The highest BCUT2D eigenvalue weighted by Gasteiger charge is 2.10. The van der Waals surface area contributed by atoms with Crippen molar-refractivity contribution in [2.75, 3.05) is 5.32 Å². The van der Waals surface area contributed by atoms with Gasteiger partial charge in [-0.15, -0.1) is 0 Å². The minimum Gasteiger partial charge on any atom is -0.322 e. The van der Waals surface area contributed by atoms with Gasteiger partial charge in [-0.3, -0.25) is 9.48 Å². The molecule has 0 fully saturated rings. The van der Waals surface area contributed by atoms with Gasteiger partial charge in [-0.1, -0.05) is 35.9 Å². The Balaban J connectivity index is 1.66. The molecule has 27 heavy (non-hydrogen) atoms. The number of aromatic nitrogens is 2. The van der Waals surface area contributed by atoms with Crippen LogP contribution in [0.4, 0.5) is 5.69 Å². The molecule has 0 spiro atoms. The zero-order valence-corrected chi connectivity index (χ0v) is 15.9. The number of anilines is 1. The Bertz CT molecular complexity index is 998. The van der Waals surface area contributed by atoms with Crippen LogP contribution in [-0.4, -0.2) is 15.7 Å². The molecule has 1 aromatic heterocycles. The smallest absolute Gasteiger partial charge is 0.255 e. The number of benzene rings is 2. The molecule has 5 nitrogen and oxygen atoms in total. The van der Waals surface area contributed by atoms with Crippen LogP contribution in [0.15, 0.2) is 48.5 Å². The molecule has 0 bridgehead atoms. The van der Waals surface area contributed by atoms with Crippen molar-refractivity contribution in [3.8, 4) is 6.07 Å². The van der Waals surface area contributed by atoms with Gasteiger partial charge in [0.15, 0.2) is 0 Å². The molecule has 1 amide bonds. The first-order valence-corrected chi connectivity index (χ1v) is 8.91. The second-order valence-corrected chi connectivity index (χ2v) is 6.70. The van der Waals surface area contributed by atoms with Gasteiger partial charge in [0.2, 0.25) is 0 Å². The summed E-state index contributed by atoms with van der Waals surface area (Å²) in [5.41, 5.74) is 4.97. The van der Waals surface area contributed by atoms with Gasteiger partial charge in [-0.05, 0) is 49.2 Å². The highest BCUT2D eigenvalue weighted by atomic mass is 35.5. The number of hydrogen-bond acceptors (Lipinski definition) is 3. The van der Waals surface area contributed by atoms with Crippen LogP contribution < -0.4 is 5.32 Å². The number of nitrogens with zero attached hydrogens (tertiary/aromatic N) is 3.